The molecule has 0 bridgehead atoms. The van der Waals surface area contributed by atoms with Gasteiger partial charge in [-0.1, -0.05) is 0 Å². The van der Waals surface area contributed by atoms with Gasteiger partial charge in [0.15, 0.2) is 0 Å². The van der Waals surface area contributed by atoms with Crippen molar-refractivity contribution in [3.05, 3.63) is 0 Å². The van der Waals surface area contributed by atoms with E-state index in [0.29, 0.717) is 19.3 Å². The molecular formula is C18H27FN2O4S2. The van der Waals surface area contributed by atoms with Gasteiger partial charge in [-0.25, -0.2) is 9.18 Å². The molecule has 3 rings (SSSR count). The number of alkyl carbamates (subject to hydrolysis) is 1. The first-order valence-corrected chi connectivity index (χ1v) is 11.6. The van der Waals surface area contributed by atoms with E-state index >= 15 is 0 Å². The van der Waals surface area contributed by atoms with Crippen LogP contribution in [0.15, 0.2) is 0 Å². The second-order valence-corrected chi connectivity index (χ2v) is 10.3. The molecule has 9 heteroatoms. The minimum Gasteiger partial charge on any atom is -0.447 e. The van der Waals surface area contributed by atoms with Gasteiger partial charge in [-0.15, -0.1) is 23.5 Å². The van der Waals surface area contributed by atoms with Gasteiger partial charge < -0.3 is 10.1 Å². The van der Waals surface area contributed by atoms with E-state index in [0.717, 1.165) is 18.6 Å². The number of thioether (sulfide) groups is 2. The smallest absolute Gasteiger partial charge is 0.414 e. The zero-order chi connectivity index (χ0) is 19.6. The zero-order valence-electron chi connectivity index (χ0n) is 15.6. The van der Waals surface area contributed by atoms with Crippen LogP contribution in [0.4, 0.5) is 9.18 Å². The minimum absolute atomic E-state index is 0.0272. The standard InChI is InChI=1S/C18H27FN2O4S2/c1-9(2)25-18(24)21-15(22)10-6-7-26-17(10)20-16(23)14-8-11-12(19)4-3-5-13(11)27-14/h9-14,17H,3-8H2,1-2H3,(H,20,23)(H,21,22,24). The Labute approximate surface area is 167 Å². The number of halogens is 1. The largest absolute Gasteiger partial charge is 0.447 e. The molecule has 0 aromatic rings. The highest BCUT2D eigenvalue weighted by atomic mass is 32.2. The predicted molar refractivity (Wildman–Crippen MR) is 104 cm³/mol. The highest BCUT2D eigenvalue weighted by Crippen LogP contribution is 2.47. The van der Waals surface area contributed by atoms with Crippen LogP contribution in [0.1, 0.15) is 46.0 Å². The van der Waals surface area contributed by atoms with E-state index in [2.05, 4.69) is 10.6 Å². The number of carbonyl (C=O) groups is 3. The van der Waals surface area contributed by atoms with Crippen molar-refractivity contribution in [3.8, 4) is 0 Å². The molecule has 3 fully saturated rings. The minimum atomic E-state index is -0.805. The van der Waals surface area contributed by atoms with Crippen molar-refractivity contribution in [1.82, 2.24) is 10.6 Å². The Morgan fingerprint density at radius 2 is 1.93 bits per heavy atom. The average molecular weight is 419 g/mol. The maximum atomic E-state index is 14.1. The molecule has 6 nitrogen and oxygen atoms in total. The van der Waals surface area contributed by atoms with E-state index in [1.54, 1.807) is 25.6 Å². The van der Waals surface area contributed by atoms with Crippen LogP contribution in [0.5, 0.6) is 0 Å². The van der Waals surface area contributed by atoms with Gasteiger partial charge in [-0.3, -0.25) is 14.9 Å². The molecule has 1 aliphatic carbocycles. The summed E-state index contributed by atoms with van der Waals surface area (Å²) in [6.07, 6.45) is 1.74. The van der Waals surface area contributed by atoms with Crippen LogP contribution in [-0.2, 0) is 14.3 Å². The van der Waals surface area contributed by atoms with Crippen LogP contribution >= 0.6 is 23.5 Å². The number of ether oxygens (including phenoxy) is 1. The van der Waals surface area contributed by atoms with Crippen molar-refractivity contribution >= 4 is 41.4 Å². The fourth-order valence-electron chi connectivity index (χ4n) is 4.00. The summed E-state index contributed by atoms with van der Waals surface area (Å²) >= 11 is 3.09. The molecule has 1 saturated carbocycles. The van der Waals surface area contributed by atoms with Crippen LogP contribution in [0.25, 0.3) is 0 Å². The monoisotopic (exact) mass is 418 g/mol. The van der Waals surface area contributed by atoms with Crippen LogP contribution < -0.4 is 10.6 Å². The molecule has 27 heavy (non-hydrogen) atoms. The van der Waals surface area contributed by atoms with Crippen molar-refractivity contribution in [3.63, 3.8) is 0 Å². The molecule has 2 aliphatic heterocycles. The number of imide groups is 1. The molecule has 0 aromatic carbocycles. The van der Waals surface area contributed by atoms with E-state index < -0.39 is 24.1 Å². The maximum absolute atomic E-state index is 14.1. The molecule has 2 heterocycles. The van der Waals surface area contributed by atoms with Gasteiger partial charge in [0.2, 0.25) is 11.8 Å². The Balaban J connectivity index is 1.52. The van der Waals surface area contributed by atoms with Gasteiger partial charge in [0.05, 0.1) is 22.6 Å². The summed E-state index contributed by atoms with van der Waals surface area (Å²) < 4.78 is 19.1. The number of rotatable bonds is 4. The molecule has 3 amide bonds. The van der Waals surface area contributed by atoms with Crippen LogP contribution in [-0.4, -0.2) is 51.8 Å². The van der Waals surface area contributed by atoms with Crippen molar-refractivity contribution < 1.29 is 23.5 Å². The van der Waals surface area contributed by atoms with Gasteiger partial charge in [0.1, 0.15) is 6.17 Å². The number of hydrogen-bond donors (Lipinski definition) is 2. The Morgan fingerprint density at radius 1 is 1.15 bits per heavy atom. The van der Waals surface area contributed by atoms with E-state index in [9.17, 15) is 18.8 Å². The van der Waals surface area contributed by atoms with Crippen molar-refractivity contribution in [1.29, 1.82) is 0 Å². The normalized spacial score (nSPS) is 35.6. The Bertz CT molecular complexity index is 592. The molecule has 2 saturated heterocycles. The van der Waals surface area contributed by atoms with Gasteiger partial charge in [0.25, 0.3) is 0 Å². The molecule has 3 aliphatic rings. The maximum Gasteiger partial charge on any atom is 0.414 e. The summed E-state index contributed by atoms with van der Waals surface area (Å²) in [5, 5.41) is 4.81. The number of alkyl halides is 1. The SMILES string of the molecule is CC(C)OC(=O)NC(=O)C1CCSC1NC(=O)C1CC2C(F)CCCC2S1. The van der Waals surface area contributed by atoms with Gasteiger partial charge in [0, 0.05) is 11.2 Å². The molecule has 6 atom stereocenters. The molecule has 152 valence electrons. The number of amides is 3. The van der Waals surface area contributed by atoms with Gasteiger partial charge >= 0.3 is 6.09 Å². The molecule has 0 aromatic heterocycles. The quantitative estimate of drug-likeness (QED) is 0.730. The van der Waals surface area contributed by atoms with Gasteiger partial charge in [-0.2, -0.15) is 0 Å². The lowest BCUT2D eigenvalue weighted by Crippen LogP contribution is -2.46. The fraction of sp³-hybridized carbons (Fsp3) is 0.833. The first-order valence-electron chi connectivity index (χ1n) is 9.58. The summed E-state index contributed by atoms with van der Waals surface area (Å²) in [6.45, 7) is 3.41. The highest BCUT2D eigenvalue weighted by molar-refractivity contribution is 8.01. The lowest BCUT2D eigenvalue weighted by atomic mass is 9.84. The highest BCUT2D eigenvalue weighted by Gasteiger charge is 2.45. The Kier molecular flexibility index (Phi) is 6.94. The topological polar surface area (TPSA) is 84.5 Å². The Morgan fingerprint density at radius 3 is 2.63 bits per heavy atom. The number of carbonyl (C=O) groups excluding carboxylic acids is 3. The summed E-state index contributed by atoms with van der Waals surface area (Å²) in [5.74, 6) is -0.310. The predicted octanol–water partition coefficient (Wildman–Crippen LogP) is 2.86. The lowest BCUT2D eigenvalue weighted by molar-refractivity contribution is -0.125. The Hall–Kier alpha value is -0.960. The third kappa shape index (κ3) is 5.10. The first-order chi connectivity index (χ1) is 12.8. The molecule has 6 unspecified atom stereocenters. The number of nitrogens with one attached hydrogen (secondary N) is 2. The summed E-state index contributed by atoms with van der Waals surface area (Å²) in [4.78, 5) is 36.7. The van der Waals surface area contributed by atoms with E-state index in [4.69, 9.17) is 4.74 Å². The van der Waals surface area contributed by atoms with Crippen molar-refractivity contribution in [2.45, 2.75) is 74.1 Å². The van der Waals surface area contributed by atoms with E-state index in [1.807, 2.05) is 0 Å². The fourth-order valence-corrected chi connectivity index (χ4v) is 7.06. The molecule has 2 N–H and O–H groups in total. The average Bonchev–Trinajstić information content (AvgIpc) is 3.21. The zero-order valence-corrected chi connectivity index (χ0v) is 17.2. The van der Waals surface area contributed by atoms with Gasteiger partial charge in [-0.05, 0) is 51.7 Å². The first kappa shape index (κ1) is 20.8. The van der Waals surface area contributed by atoms with Crippen LogP contribution in [0, 0.1) is 11.8 Å². The summed E-state index contributed by atoms with van der Waals surface area (Å²) in [6, 6.07) is 0. The lowest BCUT2D eigenvalue weighted by Gasteiger charge is -2.27. The second-order valence-electron chi connectivity index (χ2n) is 7.65. The van der Waals surface area contributed by atoms with Crippen LogP contribution in [0.2, 0.25) is 0 Å². The van der Waals surface area contributed by atoms with Crippen molar-refractivity contribution in [2.24, 2.45) is 11.8 Å². The summed E-state index contributed by atoms with van der Waals surface area (Å²) in [7, 11) is 0. The number of hydrogen-bond acceptors (Lipinski definition) is 6. The van der Waals surface area contributed by atoms with Crippen molar-refractivity contribution in [2.75, 3.05) is 5.75 Å². The summed E-state index contributed by atoms with van der Waals surface area (Å²) in [5.41, 5.74) is 0. The molecule has 0 spiro atoms. The third-order valence-electron chi connectivity index (χ3n) is 5.31. The molecular weight excluding hydrogens is 391 g/mol. The second kappa shape index (κ2) is 9.03. The number of fused-ring (bicyclic) bond motifs is 1. The molecule has 0 radical (unpaired) electrons. The van der Waals surface area contributed by atoms with E-state index in [-0.39, 0.29) is 33.8 Å². The third-order valence-corrected chi connectivity index (χ3v) is 8.26. The van der Waals surface area contributed by atoms with E-state index in [1.165, 1.54) is 11.8 Å². The van der Waals surface area contributed by atoms with Crippen LogP contribution in [0.3, 0.4) is 0 Å².